The van der Waals surface area contributed by atoms with E-state index in [1.54, 1.807) is 26.0 Å². The first kappa shape index (κ1) is 21.0. The van der Waals surface area contributed by atoms with Crippen LogP contribution in [0.25, 0.3) is 22.5 Å². The van der Waals surface area contributed by atoms with Gasteiger partial charge in [0.15, 0.2) is 5.16 Å². The van der Waals surface area contributed by atoms with E-state index >= 15 is 0 Å². The van der Waals surface area contributed by atoms with Crippen LogP contribution < -0.4 is 9.47 Å². The molecule has 4 aromatic rings. The molecule has 0 unspecified atom stereocenters. The van der Waals surface area contributed by atoms with Crippen LogP contribution >= 0.6 is 11.8 Å². The second kappa shape index (κ2) is 9.73. The number of ether oxygens (including phenoxy) is 2. The minimum absolute atomic E-state index is 0.0441. The topological polar surface area (TPSA) is 67.4 Å². The highest BCUT2D eigenvalue weighted by Gasteiger charge is 2.15. The number of rotatable bonds is 8. The average Bonchev–Trinajstić information content (AvgIpc) is 3.27. The molecular formula is C25H24N2O3S. The fourth-order valence-electron chi connectivity index (χ4n) is 3.31. The molecule has 6 heteroatoms. The molecular weight excluding hydrogens is 408 g/mol. The molecule has 0 saturated heterocycles. The molecule has 0 saturated carbocycles. The highest BCUT2D eigenvalue weighted by atomic mass is 32.2. The lowest BCUT2D eigenvalue weighted by Crippen LogP contribution is -1.87. The van der Waals surface area contributed by atoms with Gasteiger partial charge >= 0.3 is 0 Å². The Morgan fingerprint density at radius 2 is 1.45 bits per heavy atom. The summed E-state index contributed by atoms with van der Waals surface area (Å²) >= 11 is 1.63. The second-order valence-corrected chi connectivity index (χ2v) is 7.95. The molecule has 1 heterocycles. The van der Waals surface area contributed by atoms with Crippen molar-refractivity contribution >= 4 is 11.8 Å². The van der Waals surface area contributed by atoms with Crippen molar-refractivity contribution in [2.75, 3.05) is 14.2 Å². The van der Waals surface area contributed by atoms with Gasteiger partial charge in [0.05, 0.1) is 32.2 Å². The predicted molar refractivity (Wildman–Crippen MR) is 124 cm³/mol. The van der Waals surface area contributed by atoms with Gasteiger partial charge in [0.2, 0.25) is 0 Å². The van der Waals surface area contributed by atoms with Gasteiger partial charge in [0, 0.05) is 16.9 Å². The third-order valence-electron chi connectivity index (χ3n) is 4.97. The lowest BCUT2D eigenvalue weighted by Gasteiger charge is -2.06. The Kier molecular flexibility index (Phi) is 6.60. The van der Waals surface area contributed by atoms with Gasteiger partial charge in [-0.1, -0.05) is 36.0 Å². The molecule has 0 aliphatic carbocycles. The number of hydrogen-bond donors (Lipinski definition) is 2. The second-order valence-electron chi connectivity index (χ2n) is 6.99. The summed E-state index contributed by atoms with van der Waals surface area (Å²) in [6, 6.07) is 23.8. The molecule has 0 spiro atoms. The standard InChI is InChI=1S/C25H24N2O3S/c1-29-21-10-6-19(7-11-21)23-24(20-8-12-22(30-2)13-9-20)27-25(26-23)31-16-18-5-3-4-17(14-18)15-28/h3-14,28H,15-16H2,1-2H3,(H,26,27). The molecule has 0 bridgehead atoms. The van der Waals surface area contributed by atoms with Gasteiger partial charge in [-0.25, -0.2) is 4.98 Å². The van der Waals surface area contributed by atoms with E-state index in [0.29, 0.717) is 0 Å². The van der Waals surface area contributed by atoms with Crippen LogP contribution in [0.5, 0.6) is 11.5 Å². The SMILES string of the molecule is COc1ccc(-c2nc(SCc3cccc(CO)c3)[nH]c2-c2ccc(OC)cc2)cc1. The maximum atomic E-state index is 9.37. The zero-order valence-corrected chi connectivity index (χ0v) is 18.3. The third kappa shape index (κ3) is 4.93. The number of nitrogens with zero attached hydrogens (tertiary/aromatic N) is 1. The molecule has 0 amide bonds. The average molecular weight is 433 g/mol. The number of nitrogens with one attached hydrogen (secondary N) is 1. The van der Waals surface area contributed by atoms with Gasteiger partial charge in [-0.2, -0.15) is 0 Å². The maximum Gasteiger partial charge on any atom is 0.166 e. The minimum Gasteiger partial charge on any atom is -0.497 e. The van der Waals surface area contributed by atoms with Crippen molar-refractivity contribution in [2.24, 2.45) is 0 Å². The summed E-state index contributed by atoms with van der Waals surface area (Å²) in [5, 5.41) is 10.2. The number of aromatic amines is 1. The van der Waals surface area contributed by atoms with E-state index in [-0.39, 0.29) is 6.61 Å². The molecule has 3 aromatic carbocycles. The van der Waals surface area contributed by atoms with Gasteiger partial charge in [-0.15, -0.1) is 0 Å². The lowest BCUT2D eigenvalue weighted by atomic mass is 10.0. The molecule has 1 aromatic heterocycles. The first-order chi connectivity index (χ1) is 15.2. The van der Waals surface area contributed by atoms with Crippen molar-refractivity contribution in [3.05, 3.63) is 83.9 Å². The zero-order valence-electron chi connectivity index (χ0n) is 17.5. The summed E-state index contributed by atoms with van der Waals surface area (Å²) in [6.07, 6.45) is 0. The fourth-order valence-corrected chi connectivity index (χ4v) is 4.13. The fraction of sp³-hybridized carbons (Fsp3) is 0.160. The summed E-state index contributed by atoms with van der Waals surface area (Å²) < 4.78 is 10.6. The van der Waals surface area contributed by atoms with Crippen LogP contribution in [0.3, 0.4) is 0 Å². The van der Waals surface area contributed by atoms with E-state index in [1.165, 1.54) is 0 Å². The zero-order chi connectivity index (χ0) is 21.6. The van der Waals surface area contributed by atoms with E-state index in [2.05, 4.69) is 11.1 Å². The number of imidazole rings is 1. The molecule has 0 aliphatic heterocycles. The molecule has 31 heavy (non-hydrogen) atoms. The van der Waals surface area contributed by atoms with E-state index in [1.807, 2.05) is 66.7 Å². The highest BCUT2D eigenvalue weighted by molar-refractivity contribution is 7.98. The van der Waals surface area contributed by atoms with Gasteiger partial charge in [0.25, 0.3) is 0 Å². The minimum atomic E-state index is 0.0441. The Labute approximate surface area is 186 Å². The summed E-state index contributed by atoms with van der Waals surface area (Å²) in [4.78, 5) is 8.39. The first-order valence-electron chi connectivity index (χ1n) is 9.90. The monoisotopic (exact) mass is 432 g/mol. The van der Waals surface area contributed by atoms with E-state index in [4.69, 9.17) is 14.5 Å². The number of aliphatic hydroxyl groups is 1. The summed E-state index contributed by atoms with van der Waals surface area (Å²) in [7, 11) is 3.32. The number of hydrogen-bond acceptors (Lipinski definition) is 5. The largest absolute Gasteiger partial charge is 0.497 e. The number of aromatic nitrogens is 2. The first-order valence-corrected chi connectivity index (χ1v) is 10.9. The van der Waals surface area contributed by atoms with Crippen LogP contribution in [0.4, 0.5) is 0 Å². The van der Waals surface area contributed by atoms with Crippen molar-refractivity contribution in [1.29, 1.82) is 0 Å². The molecule has 4 rings (SSSR count). The molecule has 158 valence electrons. The van der Waals surface area contributed by atoms with Gasteiger partial charge in [-0.3, -0.25) is 0 Å². The lowest BCUT2D eigenvalue weighted by molar-refractivity contribution is 0.282. The van der Waals surface area contributed by atoms with Crippen LogP contribution in [-0.4, -0.2) is 29.3 Å². The van der Waals surface area contributed by atoms with Crippen molar-refractivity contribution in [2.45, 2.75) is 17.5 Å². The smallest absolute Gasteiger partial charge is 0.166 e. The molecule has 0 aliphatic rings. The number of methoxy groups -OCH3 is 2. The predicted octanol–water partition coefficient (Wildman–Crippen LogP) is 5.55. The van der Waals surface area contributed by atoms with Crippen LogP contribution in [0, 0.1) is 0 Å². The Morgan fingerprint density at radius 1 is 0.839 bits per heavy atom. The van der Waals surface area contributed by atoms with Gasteiger partial charge in [-0.05, 0) is 59.7 Å². The van der Waals surface area contributed by atoms with Crippen LogP contribution in [-0.2, 0) is 12.4 Å². The Bertz CT molecular complexity index is 1070. The Balaban J connectivity index is 1.66. The van der Waals surface area contributed by atoms with Crippen molar-refractivity contribution in [3.8, 4) is 34.0 Å². The van der Waals surface area contributed by atoms with E-state index in [0.717, 1.165) is 56.0 Å². The summed E-state index contributed by atoms with van der Waals surface area (Å²) in [5.74, 6) is 2.38. The molecule has 5 nitrogen and oxygen atoms in total. The van der Waals surface area contributed by atoms with E-state index in [9.17, 15) is 5.11 Å². The highest BCUT2D eigenvalue weighted by Crippen LogP contribution is 2.35. The van der Waals surface area contributed by atoms with Crippen LogP contribution in [0.15, 0.2) is 78.0 Å². The molecule has 2 N–H and O–H groups in total. The Morgan fingerprint density at radius 3 is 2.06 bits per heavy atom. The van der Waals surface area contributed by atoms with Crippen LogP contribution in [0.2, 0.25) is 0 Å². The molecule has 0 radical (unpaired) electrons. The molecule has 0 fully saturated rings. The van der Waals surface area contributed by atoms with Crippen molar-refractivity contribution < 1.29 is 14.6 Å². The number of H-pyrrole nitrogens is 1. The summed E-state index contributed by atoms with van der Waals surface area (Å²) in [5.41, 5.74) is 5.95. The Hall–Kier alpha value is -3.22. The number of thioether (sulfide) groups is 1. The maximum absolute atomic E-state index is 9.37. The third-order valence-corrected chi connectivity index (χ3v) is 5.92. The van der Waals surface area contributed by atoms with Crippen molar-refractivity contribution in [3.63, 3.8) is 0 Å². The van der Waals surface area contributed by atoms with Gasteiger partial charge in [0.1, 0.15) is 11.5 Å². The number of benzene rings is 3. The van der Waals surface area contributed by atoms with Crippen LogP contribution in [0.1, 0.15) is 11.1 Å². The van der Waals surface area contributed by atoms with Gasteiger partial charge < -0.3 is 19.6 Å². The molecule has 0 atom stereocenters. The quantitative estimate of drug-likeness (QED) is 0.358. The number of aliphatic hydroxyl groups excluding tert-OH is 1. The normalized spacial score (nSPS) is 10.8. The summed E-state index contributed by atoms with van der Waals surface area (Å²) in [6.45, 7) is 0.0441. The van der Waals surface area contributed by atoms with Crippen molar-refractivity contribution in [1.82, 2.24) is 9.97 Å². The van der Waals surface area contributed by atoms with E-state index < -0.39 is 0 Å².